The zero-order valence-electron chi connectivity index (χ0n) is 20.0. The number of thioether (sulfide) groups is 1. The molecule has 1 amide bonds. The van der Waals surface area contributed by atoms with Gasteiger partial charge < -0.3 is 0 Å². The summed E-state index contributed by atoms with van der Waals surface area (Å²) in [6.07, 6.45) is 25.9. The molecule has 0 bridgehead atoms. The van der Waals surface area contributed by atoms with Gasteiger partial charge in [0.15, 0.2) is 6.54 Å². The maximum absolute atomic E-state index is 11.9. The second-order valence-electron chi connectivity index (χ2n) is 9.46. The lowest BCUT2D eigenvalue weighted by molar-refractivity contribution is -0.536. The highest BCUT2D eigenvalue weighted by molar-refractivity contribution is 8.13. The number of unbranched alkanes of at least 4 members (excludes halogenated alkanes) is 15. The molecule has 0 unspecified atom stereocenters. The van der Waals surface area contributed by atoms with Gasteiger partial charge in [0.2, 0.25) is 17.6 Å². The van der Waals surface area contributed by atoms with Gasteiger partial charge in [-0.3, -0.25) is 9.69 Å². The standard InChI is InChI=1S/C26H49N2OS/c1-2-3-4-5-6-7-8-9-10-11-12-13-14-15-16-17-20-26-28(22-23-30-26)24-27-21-18-19-25(27)29/h2-24H2,1H3/q+1. The molecule has 0 atom stereocenters. The highest BCUT2D eigenvalue weighted by atomic mass is 32.2. The number of carbonyl (C=O) groups is 1. The molecular formula is C26H49N2OS+. The monoisotopic (exact) mass is 437 g/mol. The molecule has 0 aromatic heterocycles. The number of hydrogen-bond donors (Lipinski definition) is 0. The third-order valence-corrected chi connectivity index (χ3v) is 7.92. The Labute approximate surface area is 191 Å². The van der Waals surface area contributed by atoms with Gasteiger partial charge in [-0.05, 0) is 12.8 Å². The predicted molar refractivity (Wildman–Crippen MR) is 133 cm³/mol. The topological polar surface area (TPSA) is 23.3 Å². The van der Waals surface area contributed by atoms with E-state index in [1.807, 2.05) is 11.8 Å². The van der Waals surface area contributed by atoms with E-state index in [0.717, 1.165) is 32.6 Å². The number of hydrogen-bond acceptors (Lipinski definition) is 2. The van der Waals surface area contributed by atoms with Crippen molar-refractivity contribution in [1.82, 2.24) is 4.90 Å². The lowest BCUT2D eigenvalue weighted by Gasteiger charge is -2.13. The molecule has 0 radical (unpaired) electrons. The summed E-state index contributed by atoms with van der Waals surface area (Å²) in [6.45, 7) is 5.23. The van der Waals surface area contributed by atoms with Gasteiger partial charge in [-0.15, -0.1) is 0 Å². The molecule has 0 spiro atoms. The van der Waals surface area contributed by atoms with Crippen LogP contribution in [0.3, 0.4) is 0 Å². The normalized spacial score (nSPS) is 17.0. The van der Waals surface area contributed by atoms with Crippen molar-refractivity contribution in [2.45, 2.75) is 129 Å². The maximum Gasteiger partial charge on any atom is 0.227 e. The first-order chi connectivity index (χ1) is 14.8. The Morgan fingerprint density at radius 3 is 1.83 bits per heavy atom. The van der Waals surface area contributed by atoms with Crippen LogP contribution in [0.2, 0.25) is 0 Å². The highest BCUT2D eigenvalue weighted by Crippen LogP contribution is 2.20. The summed E-state index contributed by atoms with van der Waals surface area (Å²) in [4.78, 5) is 13.9. The van der Waals surface area contributed by atoms with Crippen LogP contribution >= 0.6 is 11.8 Å². The molecule has 3 nitrogen and oxygen atoms in total. The smallest absolute Gasteiger partial charge is 0.227 e. The Bertz CT molecular complexity index is 491. The van der Waals surface area contributed by atoms with E-state index in [1.54, 1.807) is 5.04 Å². The van der Waals surface area contributed by atoms with Crippen molar-refractivity contribution in [3.05, 3.63) is 0 Å². The van der Waals surface area contributed by atoms with Gasteiger partial charge in [0.1, 0.15) is 0 Å². The first-order valence-electron chi connectivity index (χ1n) is 13.3. The van der Waals surface area contributed by atoms with Crippen LogP contribution in [-0.4, -0.2) is 45.9 Å². The molecule has 4 heteroatoms. The quantitative estimate of drug-likeness (QED) is 0.155. The van der Waals surface area contributed by atoms with E-state index in [9.17, 15) is 4.79 Å². The summed E-state index contributed by atoms with van der Waals surface area (Å²) in [6, 6.07) is 0. The van der Waals surface area contributed by atoms with Gasteiger partial charge in [0.05, 0.1) is 5.75 Å². The summed E-state index contributed by atoms with van der Waals surface area (Å²) in [5.41, 5.74) is 0. The average molecular weight is 438 g/mol. The largest absolute Gasteiger partial charge is 0.287 e. The van der Waals surface area contributed by atoms with Gasteiger partial charge in [-0.2, -0.15) is 0 Å². The maximum atomic E-state index is 11.9. The fraction of sp³-hybridized carbons (Fsp3) is 0.923. The molecule has 2 aliphatic rings. The van der Waals surface area contributed by atoms with Crippen molar-refractivity contribution >= 4 is 22.7 Å². The molecule has 2 rings (SSSR count). The lowest BCUT2D eigenvalue weighted by Crippen LogP contribution is -2.34. The van der Waals surface area contributed by atoms with Crippen LogP contribution in [0, 0.1) is 0 Å². The lowest BCUT2D eigenvalue weighted by atomic mass is 10.0. The molecule has 0 aliphatic carbocycles. The first-order valence-corrected chi connectivity index (χ1v) is 14.3. The summed E-state index contributed by atoms with van der Waals surface area (Å²) >= 11 is 2.03. The molecule has 0 aromatic rings. The fourth-order valence-corrected chi connectivity index (χ4v) is 5.92. The minimum absolute atomic E-state index is 0.355. The van der Waals surface area contributed by atoms with Crippen LogP contribution in [0.1, 0.15) is 129 Å². The average Bonchev–Trinajstić information content (AvgIpc) is 3.37. The van der Waals surface area contributed by atoms with Gasteiger partial charge in [-0.1, -0.05) is 115 Å². The molecule has 0 N–H and O–H groups in total. The minimum atomic E-state index is 0.355. The summed E-state index contributed by atoms with van der Waals surface area (Å²) in [7, 11) is 0. The molecular weight excluding hydrogens is 388 g/mol. The van der Waals surface area contributed by atoms with Crippen LogP contribution < -0.4 is 0 Å². The van der Waals surface area contributed by atoms with Crippen LogP contribution in [-0.2, 0) is 4.79 Å². The number of amides is 1. The molecule has 174 valence electrons. The van der Waals surface area contributed by atoms with Crippen molar-refractivity contribution in [3.8, 4) is 0 Å². The number of rotatable bonds is 19. The van der Waals surface area contributed by atoms with E-state index in [2.05, 4.69) is 16.4 Å². The van der Waals surface area contributed by atoms with E-state index in [1.165, 1.54) is 115 Å². The Morgan fingerprint density at radius 1 is 0.800 bits per heavy atom. The van der Waals surface area contributed by atoms with Crippen LogP contribution in [0.5, 0.6) is 0 Å². The second kappa shape index (κ2) is 17.1. The summed E-state index contributed by atoms with van der Waals surface area (Å²) in [5.74, 6) is 1.56. The van der Waals surface area contributed by atoms with Gasteiger partial charge in [0, 0.05) is 19.4 Å². The minimum Gasteiger partial charge on any atom is -0.287 e. The van der Waals surface area contributed by atoms with E-state index in [4.69, 9.17) is 0 Å². The molecule has 0 saturated carbocycles. The third-order valence-electron chi connectivity index (χ3n) is 6.74. The molecule has 1 fully saturated rings. The molecule has 2 aliphatic heterocycles. The van der Waals surface area contributed by atoms with E-state index in [0.29, 0.717) is 5.91 Å². The third kappa shape index (κ3) is 11.2. The van der Waals surface area contributed by atoms with E-state index >= 15 is 0 Å². The van der Waals surface area contributed by atoms with Crippen molar-refractivity contribution in [2.24, 2.45) is 0 Å². The summed E-state index contributed by atoms with van der Waals surface area (Å²) < 4.78 is 2.47. The zero-order chi connectivity index (χ0) is 21.3. The second-order valence-corrected chi connectivity index (χ2v) is 10.6. The Hall–Kier alpha value is -0.510. The van der Waals surface area contributed by atoms with Crippen molar-refractivity contribution in [3.63, 3.8) is 0 Å². The number of carbonyl (C=O) groups excluding carboxylic acids is 1. The van der Waals surface area contributed by atoms with Crippen LogP contribution in [0.4, 0.5) is 0 Å². The van der Waals surface area contributed by atoms with Gasteiger partial charge in [-0.25, -0.2) is 4.58 Å². The van der Waals surface area contributed by atoms with Crippen molar-refractivity contribution < 1.29 is 9.37 Å². The van der Waals surface area contributed by atoms with Crippen LogP contribution in [0.25, 0.3) is 0 Å². The Balaban J connectivity index is 1.36. The molecule has 0 aromatic carbocycles. The zero-order valence-corrected chi connectivity index (χ0v) is 20.8. The molecule has 2 heterocycles. The Kier molecular flexibility index (Phi) is 14.7. The first kappa shape index (κ1) is 25.7. The number of nitrogens with zero attached hydrogens (tertiary/aromatic N) is 2. The fourth-order valence-electron chi connectivity index (χ4n) is 4.75. The van der Waals surface area contributed by atoms with Crippen LogP contribution in [0.15, 0.2) is 0 Å². The van der Waals surface area contributed by atoms with E-state index in [-0.39, 0.29) is 0 Å². The van der Waals surface area contributed by atoms with Gasteiger partial charge >= 0.3 is 0 Å². The molecule has 1 saturated heterocycles. The van der Waals surface area contributed by atoms with Gasteiger partial charge in [0.25, 0.3) is 0 Å². The van der Waals surface area contributed by atoms with Crippen molar-refractivity contribution in [2.75, 3.05) is 25.5 Å². The highest BCUT2D eigenvalue weighted by Gasteiger charge is 2.28. The predicted octanol–water partition coefficient (Wildman–Crippen LogP) is 7.38. The number of likely N-dealkylation sites (tertiary alicyclic amines) is 1. The summed E-state index contributed by atoms with van der Waals surface area (Å²) in [5, 5.41) is 1.54. The Morgan fingerprint density at radius 2 is 1.33 bits per heavy atom. The van der Waals surface area contributed by atoms with Crippen molar-refractivity contribution in [1.29, 1.82) is 0 Å². The molecule has 30 heavy (non-hydrogen) atoms. The van der Waals surface area contributed by atoms with E-state index < -0.39 is 0 Å². The SMILES string of the molecule is CCCCCCCCCCCCCCCCCCC1=[N+](CN2CCCC2=O)CCS1.